The number of carbonyl (C=O) groups is 1. The van der Waals surface area contributed by atoms with Gasteiger partial charge < -0.3 is 13.7 Å². The highest BCUT2D eigenvalue weighted by molar-refractivity contribution is 7.78. The first-order valence-electron chi connectivity index (χ1n) is 11.0. The second-order valence-corrected chi connectivity index (χ2v) is 8.97. The fourth-order valence-corrected chi connectivity index (χ4v) is 4.20. The first kappa shape index (κ1) is 24.5. The molecular formula is C27H23FNO5S-. The lowest BCUT2D eigenvalue weighted by Crippen LogP contribution is -2.13. The minimum absolute atomic E-state index is 0.0846. The Morgan fingerprint density at radius 3 is 2.29 bits per heavy atom. The van der Waals surface area contributed by atoms with Crippen LogP contribution in [0.25, 0.3) is 22.6 Å². The van der Waals surface area contributed by atoms with Crippen molar-refractivity contribution >= 4 is 17.0 Å². The Balaban J connectivity index is 1.76. The summed E-state index contributed by atoms with van der Waals surface area (Å²) in [4.78, 5) is 16.3. The number of hydrogen-bond donors (Lipinski definition) is 0. The van der Waals surface area contributed by atoms with Gasteiger partial charge in [-0.05, 0) is 41.8 Å². The van der Waals surface area contributed by atoms with Crippen molar-refractivity contribution < 1.29 is 27.1 Å². The minimum atomic E-state index is -2.19. The Hall–Kier alpha value is -3.62. The van der Waals surface area contributed by atoms with Gasteiger partial charge in [0.15, 0.2) is 5.76 Å². The molecule has 0 aliphatic heterocycles. The van der Waals surface area contributed by atoms with E-state index in [0.29, 0.717) is 40.5 Å². The summed E-state index contributed by atoms with van der Waals surface area (Å²) in [5, 5.41) is 0. The van der Waals surface area contributed by atoms with Crippen LogP contribution < -0.4 is 0 Å². The summed E-state index contributed by atoms with van der Waals surface area (Å²) in [7, 11) is 0. The predicted molar refractivity (Wildman–Crippen MR) is 129 cm³/mol. The summed E-state index contributed by atoms with van der Waals surface area (Å²) in [5.74, 6) is -0.368. The number of nitrogens with zero attached hydrogens (tertiary/aromatic N) is 1. The van der Waals surface area contributed by atoms with Crippen LogP contribution in [0.1, 0.15) is 29.9 Å². The highest BCUT2D eigenvalue weighted by Gasteiger charge is 2.25. The van der Waals surface area contributed by atoms with Crippen molar-refractivity contribution in [2.75, 3.05) is 6.61 Å². The number of esters is 1. The minimum Gasteiger partial charge on any atom is -0.772 e. The number of ether oxygens (including phenoxy) is 1. The zero-order chi connectivity index (χ0) is 24.8. The second-order valence-electron chi connectivity index (χ2n) is 8.07. The van der Waals surface area contributed by atoms with Gasteiger partial charge >= 0.3 is 5.97 Å². The van der Waals surface area contributed by atoms with Gasteiger partial charge in [0.1, 0.15) is 18.1 Å². The Bertz CT molecular complexity index is 1300. The van der Waals surface area contributed by atoms with E-state index in [1.807, 2.05) is 30.3 Å². The van der Waals surface area contributed by atoms with Crippen molar-refractivity contribution in [3.63, 3.8) is 0 Å². The van der Waals surface area contributed by atoms with Crippen LogP contribution in [0.15, 0.2) is 83.3 Å². The molecule has 0 amide bonds. The van der Waals surface area contributed by atoms with E-state index in [0.717, 1.165) is 5.56 Å². The van der Waals surface area contributed by atoms with Crippen LogP contribution >= 0.6 is 0 Å². The number of rotatable bonds is 9. The van der Waals surface area contributed by atoms with Crippen molar-refractivity contribution in [2.45, 2.75) is 25.0 Å². The fourth-order valence-electron chi connectivity index (χ4n) is 3.73. The van der Waals surface area contributed by atoms with Crippen molar-refractivity contribution in [3.8, 4) is 22.6 Å². The van der Waals surface area contributed by atoms with Gasteiger partial charge in [0.25, 0.3) is 0 Å². The third-order valence-electron chi connectivity index (χ3n) is 5.42. The molecule has 0 fully saturated rings. The normalized spacial score (nSPS) is 12.8. The molecule has 180 valence electrons. The van der Waals surface area contributed by atoms with E-state index < -0.39 is 17.0 Å². The van der Waals surface area contributed by atoms with Crippen LogP contribution in [0, 0.1) is 5.82 Å². The topological polar surface area (TPSA) is 92.5 Å². The van der Waals surface area contributed by atoms with Crippen LogP contribution in [0.2, 0.25) is 0 Å². The summed E-state index contributed by atoms with van der Waals surface area (Å²) in [5.41, 5.74) is 3.53. The number of benzene rings is 3. The molecule has 1 heterocycles. The zero-order valence-corrected chi connectivity index (χ0v) is 19.8. The molecule has 2 unspecified atom stereocenters. The molecule has 0 saturated carbocycles. The number of oxazole rings is 1. The van der Waals surface area contributed by atoms with Crippen LogP contribution in [0.4, 0.5) is 4.39 Å². The number of carbonyl (C=O) groups excluding carboxylic acids is 1. The van der Waals surface area contributed by atoms with Gasteiger partial charge in [-0.2, -0.15) is 0 Å². The van der Waals surface area contributed by atoms with Crippen molar-refractivity contribution in [2.24, 2.45) is 0 Å². The molecule has 0 saturated heterocycles. The molecule has 2 atom stereocenters. The highest BCUT2D eigenvalue weighted by atomic mass is 32.2. The largest absolute Gasteiger partial charge is 0.772 e. The maximum Gasteiger partial charge on any atom is 0.302 e. The monoisotopic (exact) mass is 492 g/mol. The zero-order valence-electron chi connectivity index (χ0n) is 19.0. The average molecular weight is 493 g/mol. The van der Waals surface area contributed by atoms with Gasteiger partial charge in [-0.1, -0.05) is 65.7 Å². The Labute approximate surface area is 205 Å². The van der Waals surface area contributed by atoms with Gasteiger partial charge in [0, 0.05) is 23.8 Å². The lowest BCUT2D eigenvalue weighted by atomic mass is 10.00. The maximum absolute atomic E-state index is 13.6. The summed E-state index contributed by atoms with van der Waals surface area (Å²) in [6, 6.07) is 22.6. The molecule has 4 aromatic rings. The summed E-state index contributed by atoms with van der Waals surface area (Å²) < 4.78 is 47.2. The highest BCUT2D eigenvalue weighted by Crippen LogP contribution is 2.36. The SMILES string of the molecule is CC(=O)OCC(Cc1ccccc1)c1nc(-c2ccc(F)cc2)c(-c2ccc(CS(=O)[O-])cc2)o1. The summed E-state index contributed by atoms with van der Waals surface area (Å²) >= 11 is -2.19. The Kier molecular flexibility index (Phi) is 7.84. The first-order valence-corrected chi connectivity index (χ1v) is 12.2. The molecule has 0 radical (unpaired) electrons. The number of halogens is 1. The quantitative estimate of drug-likeness (QED) is 0.229. The van der Waals surface area contributed by atoms with Crippen molar-refractivity contribution in [1.29, 1.82) is 0 Å². The fraction of sp³-hybridized carbons (Fsp3) is 0.185. The third-order valence-corrected chi connectivity index (χ3v) is 5.99. The van der Waals surface area contributed by atoms with E-state index in [9.17, 15) is 17.9 Å². The molecule has 8 heteroatoms. The summed E-state index contributed by atoms with van der Waals surface area (Å²) in [6.07, 6.45) is 0.533. The summed E-state index contributed by atoms with van der Waals surface area (Å²) in [6.45, 7) is 1.43. The molecule has 4 rings (SSSR count). The van der Waals surface area contributed by atoms with Gasteiger partial charge in [-0.3, -0.25) is 9.00 Å². The lowest BCUT2D eigenvalue weighted by Gasteiger charge is -2.13. The smallest absolute Gasteiger partial charge is 0.302 e. The molecule has 0 aliphatic carbocycles. The molecule has 35 heavy (non-hydrogen) atoms. The van der Waals surface area contributed by atoms with E-state index in [-0.39, 0.29) is 24.1 Å². The maximum atomic E-state index is 13.6. The van der Waals surface area contributed by atoms with Crippen LogP contribution in [-0.4, -0.2) is 26.3 Å². The predicted octanol–water partition coefficient (Wildman–Crippen LogP) is 5.42. The van der Waals surface area contributed by atoms with Crippen LogP contribution in [0.5, 0.6) is 0 Å². The molecule has 0 aliphatic rings. The Morgan fingerprint density at radius 2 is 1.66 bits per heavy atom. The molecule has 6 nitrogen and oxygen atoms in total. The van der Waals surface area contributed by atoms with Gasteiger partial charge in [-0.25, -0.2) is 9.37 Å². The first-order chi connectivity index (χ1) is 16.9. The van der Waals surface area contributed by atoms with E-state index in [1.54, 1.807) is 36.4 Å². The van der Waals surface area contributed by atoms with Crippen LogP contribution in [0.3, 0.4) is 0 Å². The second kappa shape index (κ2) is 11.2. The number of aromatic nitrogens is 1. The van der Waals surface area contributed by atoms with Gasteiger partial charge in [-0.15, -0.1) is 0 Å². The van der Waals surface area contributed by atoms with Crippen LogP contribution in [-0.2, 0) is 32.8 Å². The molecule has 0 spiro atoms. The van der Waals surface area contributed by atoms with Gasteiger partial charge in [0.05, 0.1) is 5.92 Å². The van der Waals surface area contributed by atoms with E-state index >= 15 is 0 Å². The Morgan fingerprint density at radius 1 is 1.00 bits per heavy atom. The molecular weight excluding hydrogens is 469 g/mol. The third kappa shape index (κ3) is 6.49. The van der Waals surface area contributed by atoms with Crippen molar-refractivity contribution in [3.05, 3.63) is 102 Å². The standard InChI is InChI=1S/C27H24FNO5S/c1-18(30)33-16-23(15-19-5-3-2-4-6-19)27-29-25(21-11-13-24(28)14-12-21)26(34-27)22-9-7-20(8-10-22)17-35(31)32/h2-14,23H,15-17H2,1H3,(H,31,32)/p-1. The number of hydrogen-bond acceptors (Lipinski definition) is 6. The molecule has 1 aromatic heterocycles. The van der Waals surface area contributed by atoms with Crippen molar-refractivity contribution in [1.82, 2.24) is 4.98 Å². The van der Waals surface area contributed by atoms with E-state index in [1.165, 1.54) is 19.1 Å². The molecule has 0 bridgehead atoms. The van der Waals surface area contributed by atoms with E-state index in [4.69, 9.17) is 14.1 Å². The average Bonchev–Trinajstić information content (AvgIpc) is 3.28. The van der Waals surface area contributed by atoms with Gasteiger partial charge in [0.2, 0.25) is 5.89 Å². The molecule has 0 N–H and O–H groups in total. The molecule has 3 aromatic carbocycles. The van der Waals surface area contributed by atoms with E-state index in [2.05, 4.69) is 0 Å². The lowest BCUT2D eigenvalue weighted by molar-refractivity contribution is -0.141.